The number of nitrogens with two attached hydrogens (primary N) is 2. The van der Waals surface area contributed by atoms with E-state index in [9.17, 15) is 10.2 Å². The smallest absolute Gasteiger partial charge is 0.262 e. The Labute approximate surface area is 408 Å². The number of fused-ring (bicyclic) bond motifs is 6. The molecule has 2 heterocycles. The molecule has 0 bridgehead atoms. The first-order valence-corrected chi connectivity index (χ1v) is 24.9. The van der Waals surface area contributed by atoms with Crippen LogP contribution in [0.2, 0.25) is 0 Å². The molecule has 0 radical (unpaired) electrons. The van der Waals surface area contributed by atoms with Gasteiger partial charge in [-0.05, 0) is 60.7 Å². The average molecular weight is 1030 g/mol. The molecule has 8 rings (SSSR count). The van der Waals surface area contributed by atoms with Crippen LogP contribution in [0.5, 0.6) is 34.5 Å². The summed E-state index contributed by atoms with van der Waals surface area (Å²) in [5.74, 6) is 4.45. The summed E-state index contributed by atoms with van der Waals surface area (Å²) in [6.45, 7) is 4.08. The molecule has 23 heteroatoms. The number of hydrogen-bond donors (Lipinski definition) is 10. The van der Waals surface area contributed by atoms with E-state index in [1.54, 1.807) is 14.2 Å². The van der Waals surface area contributed by atoms with Crippen molar-refractivity contribution in [3.8, 4) is 34.5 Å². The molecule has 2 aromatic heterocycles. The van der Waals surface area contributed by atoms with Crippen LogP contribution in [0.1, 0.15) is 0 Å². The molecule has 0 aliphatic carbocycles. The first kappa shape index (κ1) is 57.3. The summed E-state index contributed by atoms with van der Waals surface area (Å²) in [6.07, 6.45) is -1.14. The second kappa shape index (κ2) is 28.6. The lowest BCUT2D eigenvalue weighted by Crippen LogP contribution is -2.87. The fourth-order valence-electron chi connectivity index (χ4n) is 7.09. The van der Waals surface area contributed by atoms with Crippen molar-refractivity contribution in [1.82, 2.24) is 9.97 Å². The zero-order valence-corrected chi connectivity index (χ0v) is 40.6. The lowest BCUT2D eigenvalue weighted by Gasteiger charge is -2.13. The number of aliphatic hydroxyl groups excluding tert-OH is 2. The lowest BCUT2D eigenvalue weighted by molar-refractivity contribution is -0.661. The second-order valence-corrected chi connectivity index (χ2v) is 17.2. The minimum Gasteiger partial charge on any atom is -0.756 e. The van der Waals surface area contributed by atoms with Crippen LogP contribution in [0.3, 0.4) is 0 Å². The summed E-state index contributed by atoms with van der Waals surface area (Å²) < 4.78 is 51.5. The van der Waals surface area contributed by atoms with E-state index in [4.69, 9.17) is 66.9 Å². The number of aliphatic hydroxyl groups is 2. The summed E-state index contributed by atoms with van der Waals surface area (Å²) in [4.78, 5) is 52.7. The molecule has 21 nitrogen and oxygen atoms in total. The van der Waals surface area contributed by atoms with Crippen LogP contribution in [0.4, 0.5) is 0 Å². The third kappa shape index (κ3) is 19.5. The van der Waals surface area contributed by atoms with Gasteiger partial charge < -0.3 is 94.1 Å². The molecule has 14 N–H and O–H groups in total. The normalized spacial score (nSPS) is 12.0. The Bertz CT molecular complexity index is 2730. The number of methoxy groups -OCH3 is 2. The SMILES string of the molecule is COc1ccccc1OCC[NH2+]C[C@H](O)COc1cccc2[nH]c3ccccc3c12.COc1ccccc1OCC[NH2+]C[C@H](O)COc1cccc2[nH]c3ccccc3c12.O.O=P([O-])(O)O.O=P([O-])(O)O. The second-order valence-electron chi connectivity index (χ2n) is 15.2. The van der Waals surface area contributed by atoms with Crippen molar-refractivity contribution < 1.29 is 93.2 Å². The molecule has 0 spiro atoms. The van der Waals surface area contributed by atoms with E-state index in [-0.39, 0.29) is 18.7 Å². The van der Waals surface area contributed by atoms with Crippen molar-refractivity contribution in [2.75, 3.05) is 66.8 Å². The first-order valence-electron chi connectivity index (χ1n) is 21.8. The number of hydrogen-bond acceptors (Lipinski definition) is 12. The Morgan fingerprint density at radius 2 is 0.789 bits per heavy atom. The third-order valence-corrected chi connectivity index (χ3v) is 10.0. The number of benzene rings is 6. The number of phosphoric acid groups is 2. The van der Waals surface area contributed by atoms with Gasteiger partial charge in [-0.3, -0.25) is 9.13 Å². The van der Waals surface area contributed by atoms with Crippen molar-refractivity contribution >= 4 is 59.3 Å². The Balaban J connectivity index is 0.000000256. The highest BCUT2D eigenvalue weighted by Gasteiger charge is 2.15. The van der Waals surface area contributed by atoms with E-state index in [1.165, 1.54) is 0 Å². The Morgan fingerprint density at radius 1 is 0.479 bits per heavy atom. The van der Waals surface area contributed by atoms with Gasteiger partial charge in [-0.25, -0.2) is 0 Å². The quantitative estimate of drug-likeness (QED) is 0.0382. The number of quaternary nitrogens is 2. The molecule has 71 heavy (non-hydrogen) atoms. The maximum absolute atomic E-state index is 10.3. The zero-order chi connectivity index (χ0) is 50.5. The van der Waals surface area contributed by atoms with Crippen molar-refractivity contribution in [3.05, 3.63) is 133 Å². The number of para-hydroxylation sites is 6. The topological polar surface area (TPSA) is 353 Å². The fraction of sp³-hybridized carbons (Fsp3) is 0.250. The molecule has 0 aliphatic heterocycles. The van der Waals surface area contributed by atoms with Gasteiger partial charge in [-0.1, -0.05) is 72.8 Å². The van der Waals surface area contributed by atoms with Gasteiger partial charge in [0, 0.05) is 32.6 Å². The zero-order valence-electron chi connectivity index (χ0n) is 38.8. The van der Waals surface area contributed by atoms with Gasteiger partial charge in [0.1, 0.15) is 76.3 Å². The van der Waals surface area contributed by atoms with E-state index in [2.05, 4.69) is 34.2 Å². The van der Waals surface area contributed by atoms with E-state index in [0.717, 1.165) is 91.2 Å². The summed E-state index contributed by atoms with van der Waals surface area (Å²) in [6, 6.07) is 43.3. The van der Waals surface area contributed by atoms with Crippen LogP contribution in [-0.4, -0.2) is 124 Å². The number of H-pyrrole nitrogens is 2. The summed E-state index contributed by atoms with van der Waals surface area (Å²) in [5, 5.41) is 29.0. The van der Waals surface area contributed by atoms with Gasteiger partial charge in [0.25, 0.3) is 15.6 Å². The van der Waals surface area contributed by atoms with Gasteiger partial charge in [0.2, 0.25) is 0 Å². The van der Waals surface area contributed by atoms with Crippen molar-refractivity contribution in [3.63, 3.8) is 0 Å². The molecule has 0 aliphatic rings. The molecule has 2 atom stereocenters. The predicted molar refractivity (Wildman–Crippen MR) is 263 cm³/mol. The average Bonchev–Trinajstić information content (AvgIpc) is 3.91. The minimum absolute atomic E-state index is 0. The summed E-state index contributed by atoms with van der Waals surface area (Å²) in [7, 11) is -6.52. The summed E-state index contributed by atoms with van der Waals surface area (Å²) in [5.41, 5.74) is 4.21. The molecule has 0 fully saturated rings. The Hall–Kier alpha value is -6.26. The van der Waals surface area contributed by atoms with Gasteiger partial charge in [0.05, 0.1) is 25.3 Å². The highest BCUT2D eigenvalue weighted by Crippen LogP contribution is 2.34. The van der Waals surface area contributed by atoms with E-state index < -0.39 is 27.9 Å². The van der Waals surface area contributed by atoms with E-state index in [1.807, 2.05) is 120 Å². The van der Waals surface area contributed by atoms with E-state index >= 15 is 0 Å². The maximum atomic E-state index is 10.3. The van der Waals surface area contributed by atoms with Gasteiger partial charge in [-0.15, -0.1) is 0 Å². The molecule has 0 amide bonds. The Morgan fingerprint density at radius 3 is 1.15 bits per heavy atom. The molecule has 0 saturated carbocycles. The van der Waals surface area contributed by atoms with Crippen LogP contribution in [0.15, 0.2) is 133 Å². The number of aromatic amines is 2. The van der Waals surface area contributed by atoms with Crippen molar-refractivity contribution in [1.29, 1.82) is 0 Å². The fourth-order valence-corrected chi connectivity index (χ4v) is 7.09. The molecular formula is C48H60N4O17P2. The molecule has 384 valence electrons. The van der Waals surface area contributed by atoms with Crippen LogP contribution < -0.4 is 48.8 Å². The van der Waals surface area contributed by atoms with Crippen LogP contribution >= 0.6 is 15.6 Å². The lowest BCUT2D eigenvalue weighted by atomic mass is 10.1. The predicted octanol–water partition coefficient (Wildman–Crippen LogP) is 1.48. The number of nitrogens with one attached hydrogen (secondary N) is 2. The minimum atomic E-state index is -4.89. The van der Waals surface area contributed by atoms with Gasteiger partial charge in [-0.2, -0.15) is 0 Å². The van der Waals surface area contributed by atoms with Gasteiger partial charge in [0.15, 0.2) is 23.0 Å². The number of rotatable bonds is 20. The highest BCUT2D eigenvalue weighted by atomic mass is 31.2. The standard InChI is InChI=1S/2C24H26N2O4.2H3O4P.H2O/c2*1-28-21-10-4-5-11-22(21)29-14-13-25-15-17(27)16-30-23-12-6-9-20-24(23)18-7-2-3-8-19(18)26-20;2*1-5(2,3)4;/h2*2-12,17,25-27H,13-16H2,1H3;2*(H3,1,2,3,4);1H2/t2*17-;;;/m00.../s1. The van der Waals surface area contributed by atoms with Crippen LogP contribution in [0, 0.1) is 0 Å². The molecule has 0 saturated heterocycles. The number of ether oxygens (including phenoxy) is 6. The Kier molecular flexibility index (Phi) is 23.1. The van der Waals surface area contributed by atoms with E-state index in [0.29, 0.717) is 26.3 Å². The molecular weight excluding hydrogens is 966 g/mol. The van der Waals surface area contributed by atoms with Crippen LogP contribution in [0.25, 0.3) is 43.6 Å². The molecule has 0 unspecified atom stereocenters. The third-order valence-electron chi connectivity index (χ3n) is 10.0. The van der Waals surface area contributed by atoms with Crippen molar-refractivity contribution in [2.24, 2.45) is 0 Å². The monoisotopic (exact) mass is 1030 g/mol. The number of aromatic nitrogens is 2. The van der Waals surface area contributed by atoms with Gasteiger partial charge >= 0.3 is 0 Å². The van der Waals surface area contributed by atoms with Crippen molar-refractivity contribution in [2.45, 2.75) is 12.2 Å². The molecule has 6 aromatic carbocycles. The maximum Gasteiger partial charge on any atom is 0.262 e. The summed E-state index contributed by atoms with van der Waals surface area (Å²) >= 11 is 0. The van der Waals surface area contributed by atoms with Crippen LogP contribution in [-0.2, 0) is 9.13 Å². The first-order chi connectivity index (χ1) is 33.5. The largest absolute Gasteiger partial charge is 0.756 e. The highest BCUT2D eigenvalue weighted by molar-refractivity contribution is 7.43. The molecule has 8 aromatic rings.